The first kappa shape index (κ1) is 25.7. The van der Waals surface area contributed by atoms with Crippen LogP contribution in [-0.2, 0) is 4.79 Å². The van der Waals surface area contributed by atoms with E-state index in [1.54, 1.807) is 19.2 Å². The number of benzene rings is 1. The normalized spacial score (nSPS) is 14.8. The molecule has 3 rings (SSSR count). The Balaban J connectivity index is 0.00000225. The van der Waals surface area contributed by atoms with Crippen molar-refractivity contribution in [1.82, 2.24) is 15.6 Å². The van der Waals surface area contributed by atoms with Crippen molar-refractivity contribution in [2.45, 2.75) is 26.2 Å². The lowest BCUT2D eigenvalue weighted by atomic mass is 10.0. The molecule has 1 atom stereocenters. The van der Waals surface area contributed by atoms with Gasteiger partial charge in [0.15, 0.2) is 5.75 Å². The Morgan fingerprint density at radius 3 is 2.73 bits per heavy atom. The van der Waals surface area contributed by atoms with Crippen LogP contribution in [0, 0.1) is 12.8 Å². The fraction of sp³-hybridized carbons (Fsp3) is 0.381. The molecule has 0 spiro atoms. The second-order valence-corrected chi connectivity index (χ2v) is 7.00. The van der Waals surface area contributed by atoms with Gasteiger partial charge in [0, 0.05) is 25.7 Å². The van der Waals surface area contributed by atoms with Crippen LogP contribution in [-0.4, -0.2) is 36.9 Å². The SMILES string of the molecule is CNC(=O)c1cc(Oc2cc(C)ccc2NC(=O)CCC2CCNC2)ccn1.Cl.Cl. The van der Waals surface area contributed by atoms with Crippen LogP contribution < -0.4 is 20.7 Å². The van der Waals surface area contributed by atoms with E-state index in [4.69, 9.17) is 4.74 Å². The maximum Gasteiger partial charge on any atom is 0.269 e. The Hall–Kier alpha value is -2.35. The van der Waals surface area contributed by atoms with Crippen molar-refractivity contribution in [3.63, 3.8) is 0 Å². The van der Waals surface area contributed by atoms with Gasteiger partial charge in [-0.25, -0.2) is 0 Å². The van der Waals surface area contributed by atoms with E-state index in [-0.39, 0.29) is 42.3 Å². The fourth-order valence-corrected chi connectivity index (χ4v) is 3.18. The maximum absolute atomic E-state index is 12.4. The zero-order valence-electron chi connectivity index (χ0n) is 17.1. The standard InChI is InChI=1S/C21H26N4O3.2ClH/c1-14-3-5-17(25-20(26)6-4-15-7-9-23-13-15)19(11-14)28-16-8-10-24-18(12-16)21(27)22-2;;/h3,5,8,10-12,15,23H,4,6-7,9,13H2,1-2H3,(H,22,27)(H,25,26);2*1H. The highest BCUT2D eigenvalue weighted by Crippen LogP contribution is 2.31. The van der Waals surface area contributed by atoms with E-state index >= 15 is 0 Å². The molecule has 1 aromatic carbocycles. The van der Waals surface area contributed by atoms with Gasteiger partial charge >= 0.3 is 0 Å². The summed E-state index contributed by atoms with van der Waals surface area (Å²) in [6.45, 7) is 3.97. The minimum atomic E-state index is -0.287. The molecule has 2 aromatic rings. The van der Waals surface area contributed by atoms with Crippen molar-refractivity contribution in [2.24, 2.45) is 5.92 Å². The molecule has 2 heterocycles. The fourth-order valence-electron chi connectivity index (χ4n) is 3.18. The summed E-state index contributed by atoms with van der Waals surface area (Å²) >= 11 is 0. The van der Waals surface area contributed by atoms with Gasteiger partial charge in [-0.3, -0.25) is 14.6 Å². The molecule has 2 amide bonds. The van der Waals surface area contributed by atoms with Gasteiger partial charge in [-0.15, -0.1) is 24.8 Å². The predicted molar refractivity (Wildman–Crippen MR) is 122 cm³/mol. The Morgan fingerprint density at radius 2 is 2.03 bits per heavy atom. The molecule has 30 heavy (non-hydrogen) atoms. The molecule has 1 aromatic heterocycles. The van der Waals surface area contributed by atoms with Gasteiger partial charge in [0.1, 0.15) is 11.4 Å². The van der Waals surface area contributed by atoms with Crippen LogP contribution in [0.2, 0.25) is 0 Å². The van der Waals surface area contributed by atoms with Crippen LogP contribution in [0.25, 0.3) is 0 Å². The number of anilines is 1. The summed E-state index contributed by atoms with van der Waals surface area (Å²) in [6.07, 6.45) is 4.00. The Morgan fingerprint density at radius 1 is 1.23 bits per heavy atom. The molecule has 3 N–H and O–H groups in total. The van der Waals surface area contributed by atoms with Gasteiger partial charge in [0.25, 0.3) is 5.91 Å². The van der Waals surface area contributed by atoms with Crippen LogP contribution in [0.4, 0.5) is 5.69 Å². The van der Waals surface area contributed by atoms with E-state index in [1.165, 1.54) is 6.20 Å². The van der Waals surface area contributed by atoms with Crippen molar-refractivity contribution in [3.05, 3.63) is 47.8 Å². The summed E-state index contributed by atoms with van der Waals surface area (Å²) < 4.78 is 5.96. The van der Waals surface area contributed by atoms with Gasteiger partial charge in [0.05, 0.1) is 5.69 Å². The Bertz CT molecular complexity index is 858. The quantitative estimate of drug-likeness (QED) is 0.592. The highest BCUT2D eigenvalue weighted by molar-refractivity contribution is 5.93. The zero-order chi connectivity index (χ0) is 19.9. The molecular weight excluding hydrogens is 427 g/mol. The van der Waals surface area contributed by atoms with E-state index in [2.05, 4.69) is 20.9 Å². The Labute approximate surface area is 189 Å². The van der Waals surface area contributed by atoms with Gasteiger partial charge in [-0.1, -0.05) is 6.07 Å². The van der Waals surface area contributed by atoms with Crippen molar-refractivity contribution in [3.8, 4) is 11.5 Å². The number of aromatic nitrogens is 1. The van der Waals surface area contributed by atoms with Gasteiger partial charge in [0.2, 0.25) is 5.91 Å². The molecule has 1 unspecified atom stereocenters. The molecular formula is C21H28Cl2N4O3. The third kappa shape index (κ3) is 7.16. The smallest absolute Gasteiger partial charge is 0.269 e. The summed E-state index contributed by atoms with van der Waals surface area (Å²) in [5.41, 5.74) is 1.88. The number of nitrogens with zero attached hydrogens (tertiary/aromatic N) is 1. The number of pyridine rings is 1. The van der Waals surface area contributed by atoms with Crippen molar-refractivity contribution in [1.29, 1.82) is 0 Å². The average Bonchev–Trinajstić information content (AvgIpc) is 3.22. The lowest BCUT2D eigenvalue weighted by Gasteiger charge is -2.14. The monoisotopic (exact) mass is 454 g/mol. The number of nitrogens with one attached hydrogen (secondary N) is 3. The van der Waals surface area contributed by atoms with Crippen LogP contribution in [0.15, 0.2) is 36.5 Å². The van der Waals surface area contributed by atoms with Crippen molar-refractivity contribution < 1.29 is 14.3 Å². The average molecular weight is 455 g/mol. The van der Waals surface area contributed by atoms with E-state index < -0.39 is 0 Å². The van der Waals surface area contributed by atoms with Crippen molar-refractivity contribution >= 4 is 42.3 Å². The van der Waals surface area contributed by atoms with Crippen LogP contribution >= 0.6 is 24.8 Å². The third-order valence-corrected chi connectivity index (χ3v) is 4.77. The molecule has 0 radical (unpaired) electrons. The van der Waals surface area contributed by atoms with E-state index in [9.17, 15) is 9.59 Å². The van der Waals surface area contributed by atoms with Gasteiger partial charge < -0.3 is 20.7 Å². The highest BCUT2D eigenvalue weighted by atomic mass is 35.5. The lowest BCUT2D eigenvalue weighted by Crippen LogP contribution is -2.19. The first-order valence-corrected chi connectivity index (χ1v) is 9.52. The topological polar surface area (TPSA) is 92.4 Å². The largest absolute Gasteiger partial charge is 0.455 e. The molecule has 0 aliphatic carbocycles. The molecule has 1 aliphatic rings. The molecule has 1 aliphatic heterocycles. The van der Waals surface area contributed by atoms with Crippen LogP contribution in [0.5, 0.6) is 11.5 Å². The first-order chi connectivity index (χ1) is 13.5. The number of hydrogen-bond acceptors (Lipinski definition) is 5. The number of carbonyl (C=O) groups is 2. The summed E-state index contributed by atoms with van der Waals surface area (Å²) in [5, 5.41) is 8.81. The second-order valence-electron chi connectivity index (χ2n) is 7.00. The number of aryl methyl sites for hydroxylation is 1. The number of rotatable bonds is 7. The van der Waals surface area contributed by atoms with E-state index in [0.29, 0.717) is 29.5 Å². The number of halogens is 2. The second kappa shape index (κ2) is 12.4. The summed E-state index contributed by atoms with van der Waals surface area (Å²) in [6, 6.07) is 8.86. The minimum absolute atomic E-state index is 0. The molecule has 7 nitrogen and oxygen atoms in total. The number of carbonyl (C=O) groups excluding carboxylic acids is 2. The molecule has 0 saturated carbocycles. The molecule has 1 saturated heterocycles. The molecule has 1 fully saturated rings. The van der Waals surface area contributed by atoms with E-state index in [0.717, 1.165) is 31.5 Å². The molecule has 164 valence electrons. The van der Waals surface area contributed by atoms with E-state index in [1.807, 2.05) is 25.1 Å². The number of ether oxygens (including phenoxy) is 1. The predicted octanol–water partition coefficient (Wildman–Crippen LogP) is 3.71. The summed E-state index contributed by atoms with van der Waals surface area (Å²) in [5.74, 6) is 1.27. The highest BCUT2D eigenvalue weighted by Gasteiger charge is 2.17. The number of amides is 2. The van der Waals surface area contributed by atoms with Crippen LogP contribution in [0.3, 0.4) is 0 Å². The summed E-state index contributed by atoms with van der Waals surface area (Å²) in [4.78, 5) is 28.2. The van der Waals surface area contributed by atoms with Crippen LogP contribution in [0.1, 0.15) is 35.3 Å². The first-order valence-electron chi connectivity index (χ1n) is 9.52. The minimum Gasteiger partial charge on any atom is -0.455 e. The van der Waals surface area contributed by atoms with Crippen molar-refractivity contribution in [2.75, 3.05) is 25.5 Å². The Kier molecular flexibility index (Phi) is 10.6. The lowest BCUT2D eigenvalue weighted by molar-refractivity contribution is -0.116. The van der Waals surface area contributed by atoms with Gasteiger partial charge in [-0.05, 0) is 62.5 Å². The summed E-state index contributed by atoms with van der Waals surface area (Å²) in [7, 11) is 1.55. The van der Waals surface area contributed by atoms with Gasteiger partial charge in [-0.2, -0.15) is 0 Å². The zero-order valence-corrected chi connectivity index (χ0v) is 18.7. The molecule has 9 heteroatoms. The maximum atomic E-state index is 12.4. The third-order valence-electron chi connectivity index (χ3n) is 4.77. The number of hydrogen-bond donors (Lipinski definition) is 3. The molecule has 0 bridgehead atoms.